The third-order valence-electron chi connectivity index (χ3n) is 3.63. The van der Waals surface area contributed by atoms with E-state index in [1.54, 1.807) is 18.7 Å². The Bertz CT molecular complexity index is 670. The number of sulfonamides is 1. The van der Waals surface area contributed by atoms with Gasteiger partial charge in [0.2, 0.25) is 10.0 Å². The molecule has 5 nitrogen and oxygen atoms in total. The zero-order chi connectivity index (χ0) is 17.8. The van der Waals surface area contributed by atoms with E-state index in [4.69, 9.17) is 23.2 Å². The van der Waals surface area contributed by atoms with Crippen LogP contribution in [0.2, 0.25) is 10.0 Å². The molecule has 0 saturated carbocycles. The number of rotatable bonds is 7. The molecule has 0 aliphatic carbocycles. The van der Waals surface area contributed by atoms with Crippen molar-refractivity contribution in [1.82, 2.24) is 9.21 Å². The lowest BCUT2D eigenvalue weighted by molar-refractivity contribution is 0.0773. The van der Waals surface area contributed by atoms with E-state index >= 15 is 0 Å². The predicted octanol–water partition coefficient (Wildman–Crippen LogP) is 3.51. The van der Waals surface area contributed by atoms with Crippen molar-refractivity contribution in [3.8, 4) is 0 Å². The van der Waals surface area contributed by atoms with Crippen molar-refractivity contribution in [2.45, 2.75) is 32.6 Å². The number of amides is 1. The van der Waals surface area contributed by atoms with Gasteiger partial charge < -0.3 is 4.90 Å². The average molecular weight is 381 g/mol. The first-order chi connectivity index (χ1) is 10.7. The normalized spacial score (nSPS) is 11.8. The number of halogens is 2. The summed E-state index contributed by atoms with van der Waals surface area (Å²) in [5.74, 6) is -0.312. The van der Waals surface area contributed by atoms with Gasteiger partial charge in [0, 0.05) is 26.2 Å². The monoisotopic (exact) mass is 380 g/mol. The van der Waals surface area contributed by atoms with Crippen LogP contribution in [-0.2, 0) is 10.0 Å². The highest BCUT2D eigenvalue weighted by atomic mass is 35.5. The Hall–Kier alpha value is -0.820. The molecule has 0 heterocycles. The standard InChI is InChI=1S/C15H22Cl2N2O3S/c1-5-18(6-2)15(20)11-9-14(13(17)10-12(11)16)23(21,22)19(7-3)8-4/h9-10H,5-8H2,1-4H3. The molecular weight excluding hydrogens is 359 g/mol. The lowest BCUT2D eigenvalue weighted by Crippen LogP contribution is -2.32. The minimum Gasteiger partial charge on any atom is -0.339 e. The minimum atomic E-state index is -3.77. The third kappa shape index (κ3) is 4.18. The van der Waals surface area contributed by atoms with Crippen LogP contribution in [0.5, 0.6) is 0 Å². The van der Waals surface area contributed by atoms with Crippen LogP contribution in [0, 0.1) is 0 Å². The Morgan fingerprint density at radius 1 is 0.957 bits per heavy atom. The van der Waals surface area contributed by atoms with Gasteiger partial charge >= 0.3 is 0 Å². The zero-order valence-corrected chi connectivity index (χ0v) is 16.1. The van der Waals surface area contributed by atoms with Gasteiger partial charge in [-0.05, 0) is 26.0 Å². The number of benzene rings is 1. The van der Waals surface area contributed by atoms with Crippen LogP contribution in [0.1, 0.15) is 38.1 Å². The molecule has 0 aromatic heterocycles. The molecule has 1 aromatic carbocycles. The van der Waals surface area contributed by atoms with Crippen LogP contribution in [-0.4, -0.2) is 49.7 Å². The molecule has 0 spiro atoms. The Labute approximate surface area is 148 Å². The lowest BCUT2D eigenvalue weighted by atomic mass is 10.2. The summed E-state index contributed by atoms with van der Waals surface area (Å²) in [6, 6.07) is 2.59. The zero-order valence-electron chi connectivity index (χ0n) is 13.8. The van der Waals surface area contributed by atoms with Crippen molar-refractivity contribution in [3.05, 3.63) is 27.7 Å². The SMILES string of the molecule is CCN(CC)C(=O)c1cc(S(=O)(=O)N(CC)CC)c(Cl)cc1Cl. The first-order valence-corrected chi connectivity index (χ1v) is 9.72. The summed E-state index contributed by atoms with van der Waals surface area (Å²) in [6.07, 6.45) is 0. The largest absolute Gasteiger partial charge is 0.339 e. The van der Waals surface area contributed by atoms with Gasteiger partial charge in [-0.2, -0.15) is 4.31 Å². The number of nitrogens with zero attached hydrogens (tertiary/aromatic N) is 2. The van der Waals surface area contributed by atoms with Crippen molar-refractivity contribution in [2.24, 2.45) is 0 Å². The van der Waals surface area contributed by atoms with Crippen molar-refractivity contribution in [1.29, 1.82) is 0 Å². The van der Waals surface area contributed by atoms with E-state index in [1.165, 1.54) is 16.4 Å². The molecule has 0 radical (unpaired) electrons. The van der Waals surface area contributed by atoms with Crippen molar-refractivity contribution in [3.63, 3.8) is 0 Å². The van der Waals surface area contributed by atoms with E-state index in [-0.39, 0.29) is 26.4 Å². The summed E-state index contributed by atoms with van der Waals surface area (Å²) in [7, 11) is -3.77. The quantitative estimate of drug-likeness (QED) is 0.726. The van der Waals surface area contributed by atoms with Crippen LogP contribution >= 0.6 is 23.2 Å². The molecule has 23 heavy (non-hydrogen) atoms. The van der Waals surface area contributed by atoms with Crippen LogP contribution in [0.15, 0.2) is 17.0 Å². The molecule has 0 saturated heterocycles. The fraction of sp³-hybridized carbons (Fsp3) is 0.533. The molecule has 0 atom stereocenters. The Balaban J connectivity index is 3.49. The van der Waals surface area contributed by atoms with Crippen LogP contribution in [0.25, 0.3) is 0 Å². The van der Waals surface area contributed by atoms with Crippen LogP contribution in [0.3, 0.4) is 0 Å². The smallest absolute Gasteiger partial charge is 0.255 e. The molecule has 0 N–H and O–H groups in total. The van der Waals surface area contributed by atoms with Gasteiger partial charge in [0.25, 0.3) is 5.91 Å². The van der Waals surface area contributed by atoms with E-state index < -0.39 is 10.0 Å². The predicted molar refractivity (Wildman–Crippen MR) is 93.8 cm³/mol. The Morgan fingerprint density at radius 3 is 1.91 bits per heavy atom. The lowest BCUT2D eigenvalue weighted by Gasteiger charge is -2.22. The first kappa shape index (κ1) is 20.2. The Kier molecular flexibility index (Phi) is 7.32. The molecule has 130 valence electrons. The average Bonchev–Trinajstić information content (AvgIpc) is 2.48. The number of carbonyl (C=O) groups is 1. The van der Waals surface area contributed by atoms with E-state index in [1.807, 2.05) is 13.8 Å². The Morgan fingerprint density at radius 2 is 1.48 bits per heavy atom. The van der Waals surface area contributed by atoms with Crippen molar-refractivity contribution in [2.75, 3.05) is 26.2 Å². The summed E-state index contributed by atoms with van der Waals surface area (Å²) in [5.41, 5.74) is 0.144. The molecule has 8 heteroatoms. The maximum atomic E-state index is 12.7. The highest BCUT2D eigenvalue weighted by molar-refractivity contribution is 7.89. The summed E-state index contributed by atoms with van der Waals surface area (Å²) >= 11 is 12.2. The molecular formula is C15H22Cl2N2O3S. The molecule has 0 bridgehead atoms. The van der Waals surface area contributed by atoms with E-state index in [0.717, 1.165) is 0 Å². The second-order valence-electron chi connectivity index (χ2n) is 4.83. The van der Waals surface area contributed by atoms with Gasteiger partial charge in [-0.15, -0.1) is 0 Å². The van der Waals surface area contributed by atoms with E-state index in [0.29, 0.717) is 26.2 Å². The molecule has 0 aliphatic rings. The molecule has 1 rings (SSSR count). The fourth-order valence-electron chi connectivity index (χ4n) is 2.27. The third-order valence-corrected chi connectivity index (χ3v) is 6.45. The van der Waals surface area contributed by atoms with Crippen molar-refractivity contribution >= 4 is 39.1 Å². The second-order valence-corrected chi connectivity index (χ2v) is 7.55. The molecule has 1 amide bonds. The molecule has 1 aromatic rings. The number of hydrogen-bond acceptors (Lipinski definition) is 3. The summed E-state index contributed by atoms with van der Waals surface area (Å²) in [6.45, 7) is 8.82. The topological polar surface area (TPSA) is 57.7 Å². The van der Waals surface area contributed by atoms with Gasteiger partial charge in [0.1, 0.15) is 4.90 Å². The number of hydrogen-bond donors (Lipinski definition) is 0. The highest BCUT2D eigenvalue weighted by Crippen LogP contribution is 2.31. The van der Waals surface area contributed by atoms with E-state index in [9.17, 15) is 13.2 Å². The van der Waals surface area contributed by atoms with Gasteiger partial charge in [0.05, 0.1) is 15.6 Å². The maximum absolute atomic E-state index is 12.7. The molecule has 0 aliphatic heterocycles. The highest BCUT2D eigenvalue weighted by Gasteiger charge is 2.27. The van der Waals surface area contributed by atoms with Gasteiger partial charge in [-0.1, -0.05) is 37.0 Å². The van der Waals surface area contributed by atoms with Gasteiger partial charge in [-0.3, -0.25) is 4.79 Å². The molecule has 0 unspecified atom stereocenters. The van der Waals surface area contributed by atoms with Crippen LogP contribution in [0.4, 0.5) is 0 Å². The maximum Gasteiger partial charge on any atom is 0.255 e. The van der Waals surface area contributed by atoms with E-state index in [2.05, 4.69) is 0 Å². The van der Waals surface area contributed by atoms with Crippen molar-refractivity contribution < 1.29 is 13.2 Å². The fourth-order valence-corrected chi connectivity index (χ4v) is 4.56. The second kappa shape index (κ2) is 8.33. The van der Waals surface area contributed by atoms with Gasteiger partial charge in [-0.25, -0.2) is 8.42 Å². The summed E-state index contributed by atoms with van der Waals surface area (Å²) < 4.78 is 26.7. The number of carbonyl (C=O) groups excluding carboxylic acids is 1. The summed E-state index contributed by atoms with van der Waals surface area (Å²) in [5, 5.41) is 0.156. The molecule has 0 fully saturated rings. The van der Waals surface area contributed by atoms with Crippen LogP contribution < -0.4 is 0 Å². The summed E-state index contributed by atoms with van der Waals surface area (Å²) in [4.78, 5) is 14.0. The first-order valence-electron chi connectivity index (χ1n) is 7.52. The van der Waals surface area contributed by atoms with Gasteiger partial charge in [0.15, 0.2) is 0 Å². The minimum absolute atomic E-state index is 0.0120.